The van der Waals surface area contributed by atoms with Crippen molar-refractivity contribution in [3.05, 3.63) is 12.2 Å². The topological polar surface area (TPSA) is 54.4 Å². The monoisotopic (exact) mass is 448 g/mol. The number of hydrogen-bond donors (Lipinski definition) is 1. The molecule has 4 heteroatoms. The number of alkyl halides is 1. The Balaban J connectivity index is 2.17. The van der Waals surface area contributed by atoms with E-state index in [1.807, 2.05) is 0 Å². The highest BCUT2D eigenvalue weighted by molar-refractivity contribution is 14.1. The Morgan fingerprint density at radius 2 is 1.79 bits per heavy atom. The predicted octanol–water partition coefficient (Wildman–Crippen LogP) is 5.95. The van der Waals surface area contributed by atoms with Crippen LogP contribution in [-0.2, 0) is 9.59 Å². The van der Waals surface area contributed by atoms with Gasteiger partial charge in [-0.3, -0.25) is 9.59 Å². The molecule has 1 N–H and O–H groups in total. The number of carboxylic acid groups (broad SMARTS) is 1. The van der Waals surface area contributed by atoms with Gasteiger partial charge in [0.1, 0.15) is 5.78 Å². The summed E-state index contributed by atoms with van der Waals surface area (Å²) in [5.41, 5.74) is 0. The van der Waals surface area contributed by atoms with E-state index in [9.17, 15) is 9.59 Å². The van der Waals surface area contributed by atoms with Crippen LogP contribution >= 0.6 is 22.6 Å². The molecule has 0 aliphatic heterocycles. The van der Waals surface area contributed by atoms with Gasteiger partial charge in [-0.15, -0.1) is 0 Å². The van der Waals surface area contributed by atoms with Crippen molar-refractivity contribution in [3.63, 3.8) is 0 Å². The molecule has 138 valence electrons. The van der Waals surface area contributed by atoms with Gasteiger partial charge in [-0.05, 0) is 48.9 Å². The normalized spacial score (nSPS) is 21.0. The smallest absolute Gasteiger partial charge is 0.303 e. The minimum absolute atomic E-state index is 0.222. The van der Waals surface area contributed by atoms with Crippen LogP contribution in [-0.4, -0.2) is 21.3 Å². The average Bonchev–Trinajstić information content (AvgIpc) is 2.90. The van der Waals surface area contributed by atoms with Crippen molar-refractivity contribution in [1.82, 2.24) is 0 Å². The van der Waals surface area contributed by atoms with Crippen LogP contribution < -0.4 is 0 Å². The molecule has 24 heavy (non-hydrogen) atoms. The summed E-state index contributed by atoms with van der Waals surface area (Å²) in [4.78, 5) is 22.6. The van der Waals surface area contributed by atoms with Crippen molar-refractivity contribution < 1.29 is 14.7 Å². The molecule has 0 aromatic carbocycles. The molecule has 3 nitrogen and oxygen atoms in total. The van der Waals surface area contributed by atoms with E-state index in [1.54, 1.807) is 0 Å². The molecular formula is C20H33IO3. The molecule has 1 aliphatic carbocycles. The molecule has 0 unspecified atom stereocenters. The lowest BCUT2D eigenvalue weighted by Gasteiger charge is -2.14. The van der Waals surface area contributed by atoms with Crippen molar-refractivity contribution in [3.8, 4) is 0 Å². The highest BCUT2D eigenvalue weighted by Gasteiger charge is 2.31. The summed E-state index contributed by atoms with van der Waals surface area (Å²) in [6.45, 7) is 0. The van der Waals surface area contributed by atoms with E-state index < -0.39 is 5.97 Å². The van der Waals surface area contributed by atoms with Gasteiger partial charge in [0.25, 0.3) is 0 Å². The van der Waals surface area contributed by atoms with Gasteiger partial charge in [-0.2, -0.15) is 0 Å². The number of carbonyl (C=O) groups excluding carboxylic acids is 1. The molecule has 0 aromatic rings. The molecule has 0 spiro atoms. The van der Waals surface area contributed by atoms with E-state index in [0.29, 0.717) is 11.7 Å². The second-order valence-corrected chi connectivity index (χ2v) is 8.02. The number of Topliss-reactive ketones (excluding diaryl/α,β-unsaturated/α-hetero) is 1. The summed E-state index contributed by atoms with van der Waals surface area (Å²) in [6.07, 6.45) is 17.8. The van der Waals surface area contributed by atoms with Crippen molar-refractivity contribution >= 4 is 34.3 Å². The third kappa shape index (κ3) is 9.80. The minimum atomic E-state index is -0.708. The van der Waals surface area contributed by atoms with Gasteiger partial charge in [0.2, 0.25) is 0 Å². The number of rotatable bonds is 14. The first-order valence-electron chi connectivity index (χ1n) is 9.62. The highest BCUT2D eigenvalue weighted by Crippen LogP contribution is 2.34. The van der Waals surface area contributed by atoms with Crippen LogP contribution in [0.25, 0.3) is 0 Å². The molecule has 0 aromatic heterocycles. The number of aliphatic carboxylic acids is 1. The molecule has 2 atom stereocenters. The Hall–Kier alpha value is -0.390. The number of carboxylic acids is 1. The third-order valence-electron chi connectivity index (χ3n) is 4.95. The number of hydrogen-bond acceptors (Lipinski definition) is 2. The van der Waals surface area contributed by atoms with E-state index in [2.05, 4.69) is 34.7 Å². The fourth-order valence-electron chi connectivity index (χ4n) is 3.51. The maximum Gasteiger partial charge on any atom is 0.303 e. The van der Waals surface area contributed by atoms with Gasteiger partial charge in [-0.1, -0.05) is 66.8 Å². The van der Waals surface area contributed by atoms with Crippen molar-refractivity contribution in [2.45, 2.75) is 83.5 Å². The Morgan fingerprint density at radius 3 is 2.54 bits per heavy atom. The molecule has 0 bridgehead atoms. The lowest BCUT2D eigenvalue weighted by molar-refractivity contribution is -0.137. The Labute approximate surface area is 160 Å². The molecule has 0 saturated heterocycles. The minimum Gasteiger partial charge on any atom is -0.481 e. The number of ketones is 1. The third-order valence-corrected chi connectivity index (χ3v) is 5.71. The Morgan fingerprint density at radius 1 is 1.08 bits per heavy atom. The molecular weight excluding hydrogens is 415 g/mol. The zero-order chi connectivity index (χ0) is 17.6. The summed E-state index contributed by atoms with van der Waals surface area (Å²) in [7, 11) is 0. The lowest BCUT2D eigenvalue weighted by Crippen LogP contribution is -2.13. The summed E-state index contributed by atoms with van der Waals surface area (Å²) < 4.78 is 1.26. The van der Waals surface area contributed by atoms with Crippen LogP contribution in [0.4, 0.5) is 0 Å². The van der Waals surface area contributed by atoms with Gasteiger partial charge in [0.15, 0.2) is 0 Å². The van der Waals surface area contributed by atoms with Gasteiger partial charge in [0.05, 0.1) is 0 Å². The number of carbonyl (C=O) groups is 2. The number of halogens is 1. The first-order chi connectivity index (χ1) is 11.6. The maximum absolute atomic E-state index is 12.1. The quantitative estimate of drug-likeness (QED) is 0.155. The summed E-state index contributed by atoms with van der Waals surface area (Å²) in [6, 6.07) is 0. The first-order valence-corrected chi connectivity index (χ1v) is 11.1. The van der Waals surface area contributed by atoms with E-state index in [0.717, 1.165) is 51.4 Å². The maximum atomic E-state index is 12.1. The van der Waals surface area contributed by atoms with Crippen LogP contribution in [0.5, 0.6) is 0 Å². The van der Waals surface area contributed by atoms with Crippen molar-refractivity contribution in [2.24, 2.45) is 11.8 Å². The zero-order valence-electron chi connectivity index (χ0n) is 14.9. The van der Waals surface area contributed by atoms with Gasteiger partial charge in [-0.25, -0.2) is 0 Å². The van der Waals surface area contributed by atoms with E-state index in [4.69, 9.17) is 5.11 Å². The molecule has 1 fully saturated rings. The number of unbranched alkanes of at least 4 members (excludes halogenated alkanes) is 7. The van der Waals surface area contributed by atoms with E-state index in [1.165, 1.54) is 30.1 Å². The van der Waals surface area contributed by atoms with Crippen molar-refractivity contribution in [1.29, 1.82) is 0 Å². The van der Waals surface area contributed by atoms with Gasteiger partial charge in [0, 0.05) is 18.8 Å². The zero-order valence-corrected chi connectivity index (χ0v) is 17.0. The second-order valence-electron chi connectivity index (χ2n) is 6.94. The van der Waals surface area contributed by atoms with Crippen LogP contribution in [0, 0.1) is 11.8 Å². The van der Waals surface area contributed by atoms with E-state index in [-0.39, 0.29) is 12.3 Å². The SMILES string of the molecule is O=C(O)CCCCCC[C@H]1C(=O)CC[C@@H]1C=CCCCCCCI. The molecule has 1 rings (SSSR count). The van der Waals surface area contributed by atoms with Crippen LogP contribution in [0.15, 0.2) is 12.2 Å². The molecule has 1 aliphatic rings. The van der Waals surface area contributed by atoms with Gasteiger partial charge >= 0.3 is 5.97 Å². The largest absolute Gasteiger partial charge is 0.481 e. The summed E-state index contributed by atoms with van der Waals surface area (Å²) in [5.74, 6) is 0.406. The molecule has 0 amide bonds. The highest BCUT2D eigenvalue weighted by atomic mass is 127. The second kappa shape index (κ2) is 13.9. The predicted molar refractivity (Wildman–Crippen MR) is 108 cm³/mol. The average molecular weight is 448 g/mol. The summed E-state index contributed by atoms with van der Waals surface area (Å²) >= 11 is 2.43. The van der Waals surface area contributed by atoms with Crippen LogP contribution in [0.1, 0.15) is 83.5 Å². The standard InChI is InChI=1S/C20H33IO3/c21-16-10-6-2-1-3-7-11-17-14-15-19(22)18(17)12-8-4-5-9-13-20(23)24/h7,11,17-18H,1-6,8-10,12-16H2,(H,23,24)/t17-,18+/m0/s1. The van der Waals surface area contributed by atoms with Crippen molar-refractivity contribution in [2.75, 3.05) is 4.43 Å². The lowest BCUT2D eigenvalue weighted by atomic mass is 9.89. The first kappa shape index (κ1) is 21.7. The fourth-order valence-corrected chi connectivity index (χ4v) is 4.05. The molecule has 0 radical (unpaired) electrons. The Bertz CT molecular complexity index is 392. The summed E-state index contributed by atoms with van der Waals surface area (Å²) in [5, 5.41) is 8.62. The number of allylic oxidation sites excluding steroid dienone is 2. The van der Waals surface area contributed by atoms with E-state index >= 15 is 0 Å². The fraction of sp³-hybridized carbons (Fsp3) is 0.800. The van der Waals surface area contributed by atoms with Crippen LogP contribution in [0.2, 0.25) is 0 Å². The van der Waals surface area contributed by atoms with Gasteiger partial charge < -0.3 is 5.11 Å². The van der Waals surface area contributed by atoms with Crippen LogP contribution in [0.3, 0.4) is 0 Å². The molecule has 1 saturated carbocycles. The molecule has 0 heterocycles. The Kier molecular flexibility index (Phi) is 12.5.